The second kappa shape index (κ2) is 6.54. The van der Waals surface area contributed by atoms with Gasteiger partial charge in [0.2, 0.25) is 5.91 Å². The highest BCUT2D eigenvalue weighted by molar-refractivity contribution is 5.93. The van der Waals surface area contributed by atoms with Crippen LogP contribution in [0.2, 0.25) is 0 Å². The van der Waals surface area contributed by atoms with Crippen molar-refractivity contribution < 1.29 is 9.32 Å². The number of hydrogen-bond donors (Lipinski definition) is 1. The smallest absolute Gasteiger partial charge is 0.238 e. The zero-order valence-corrected chi connectivity index (χ0v) is 12.9. The number of likely N-dealkylation sites (N-methyl/N-ethyl adjacent to an activating group) is 1. The molecule has 0 fully saturated rings. The zero-order valence-electron chi connectivity index (χ0n) is 12.9. The molecule has 1 N–H and O–H groups in total. The third-order valence-electron chi connectivity index (χ3n) is 3.26. The Bertz CT molecular complexity index is 614. The molecule has 2 rings (SSSR count). The van der Waals surface area contributed by atoms with E-state index in [2.05, 4.69) is 10.5 Å². The van der Waals surface area contributed by atoms with Crippen LogP contribution in [0.15, 0.2) is 28.8 Å². The molecule has 5 nitrogen and oxygen atoms in total. The number of anilines is 1. The number of benzene rings is 1. The van der Waals surface area contributed by atoms with Gasteiger partial charge in [0, 0.05) is 11.8 Å². The summed E-state index contributed by atoms with van der Waals surface area (Å²) in [4.78, 5) is 14.0. The summed E-state index contributed by atoms with van der Waals surface area (Å²) in [6.07, 6.45) is 0. The van der Waals surface area contributed by atoms with Gasteiger partial charge < -0.3 is 9.84 Å². The summed E-state index contributed by atoms with van der Waals surface area (Å²) < 4.78 is 5.15. The average Bonchev–Trinajstić information content (AvgIpc) is 2.79. The Kier molecular flexibility index (Phi) is 4.75. The number of nitrogens with zero attached hydrogens (tertiary/aromatic N) is 2. The van der Waals surface area contributed by atoms with Gasteiger partial charge in [-0.05, 0) is 38.9 Å². The number of aryl methyl sites for hydroxylation is 3. The van der Waals surface area contributed by atoms with Gasteiger partial charge in [-0.2, -0.15) is 0 Å². The Morgan fingerprint density at radius 2 is 1.95 bits per heavy atom. The van der Waals surface area contributed by atoms with Crippen LogP contribution in [0.3, 0.4) is 0 Å². The number of amides is 1. The number of hydrogen-bond acceptors (Lipinski definition) is 4. The minimum atomic E-state index is -0.0360. The van der Waals surface area contributed by atoms with Gasteiger partial charge in [-0.1, -0.05) is 23.4 Å². The minimum Gasteiger partial charge on any atom is -0.360 e. The Balaban J connectivity index is 1.92. The van der Waals surface area contributed by atoms with E-state index in [1.165, 1.54) is 0 Å². The minimum absolute atomic E-state index is 0.0360. The molecule has 0 unspecified atom stereocenters. The first-order valence-electron chi connectivity index (χ1n) is 6.92. The first-order valence-corrected chi connectivity index (χ1v) is 6.92. The maximum Gasteiger partial charge on any atom is 0.238 e. The molecule has 5 heteroatoms. The Labute approximate surface area is 124 Å². The topological polar surface area (TPSA) is 58.4 Å². The Morgan fingerprint density at radius 1 is 1.29 bits per heavy atom. The van der Waals surface area contributed by atoms with E-state index in [-0.39, 0.29) is 5.91 Å². The van der Waals surface area contributed by atoms with Crippen LogP contribution in [-0.2, 0) is 11.3 Å². The number of carbonyl (C=O) groups is 1. The molecule has 2 aromatic rings. The monoisotopic (exact) mass is 287 g/mol. The van der Waals surface area contributed by atoms with Gasteiger partial charge in [0.25, 0.3) is 0 Å². The van der Waals surface area contributed by atoms with E-state index in [1.54, 1.807) is 0 Å². The van der Waals surface area contributed by atoms with E-state index in [0.717, 1.165) is 28.3 Å². The van der Waals surface area contributed by atoms with Gasteiger partial charge in [-0.15, -0.1) is 0 Å². The molecule has 0 bridgehead atoms. The van der Waals surface area contributed by atoms with Crippen molar-refractivity contribution in [3.63, 3.8) is 0 Å². The molecular formula is C16H21N3O2. The number of carbonyl (C=O) groups excluding carboxylic acids is 1. The molecule has 1 heterocycles. The molecule has 0 atom stereocenters. The lowest BCUT2D eigenvalue weighted by Gasteiger charge is -2.16. The predicted molar refractivity (Wildman–Crippen MR) is 82.1 cm³/mol. The predicted octanol–water partition coefficient (Wildman–Crippen LogP) is 2.67. The van der Waals surface area contributed by atoms with Crippen LogP contribution in [-0.4, -0.2) is 29.6 Å². The van der Waals surface area contributed by atoms with Crippen molar-refractivity contribution in [2.45, 2.75) is 27.3 Å². The van der Waals surface area contributed by atoms with Crippen LogP contribution in [0.4, 0.5) is 5.69 Å². The molecule has 0 radical (unpaired) electrons. The van der Waals surface area contributed by atoms with Gasteiger partial charge in [-0.3, -0.25) is 9.69 Å². The quantitative estimate of drug-likeness (QED) is 0.918. The summed E-state index contributed by atoms with van der Waals surface area (Å²) in [5.41, 5.74) is 3.87. The number of nitrogens with one attached hydrogen (secondary N) is 1. The lowest BCUT2D eigenvalue weighted by Crippen LogP contribution is -2.30. The summed E-state index contributed by atoms with van der Waals surface area (Å²) in [5.74, 6) is 0.723. The summed E-state index contributed by atoms with van der Waals surface area (Å²) in [6, 6.07) is 7.84. The summed E-state index contributed by atoms with van der Waals surface area (Å²) in [5, 5.41) is 6.81. The molecule has 0 aliphatic carbocycles. The molecule has 0 saturated carbocycles. The second-order valence-corrected chi connectivity index (χ2v) is 5.42. The SMILES string of the molecule is Cc1cc(CN(C)CC(=O)Nc2c(C)cccc2C)on1. The van der Waals surface area contributed by atoms with Gasteiger partial charge in [0.15, 0.2) is 5.76 Å². The van der Waals surface area contributed by atoms with E-state index in [0.29, 0.717) is 13.1 Å². The lowest BCUT2D eigenvalue weighted by atomic mass is 10.1. The second-order valence-electron chi connectivity index (χ2n) is 5.42. The molecule has 0 spiro atoms. The number of rotatable bonds is 5. The average molecular weight is 287 g/mol. The molecule has 0 aliphatic heterocycles. The summed E-state index contributed by atoms with van der Waals surface area (Å²) in [6.45, 7) is 6.71. The van der Waals surface area contributed by atoms with Gasteiger partial charge in [-0.25, -0.2) is 0 Å². The van der Waals surface area contributed by atoms with Crippen LogP contribution in [0.25, 0.3) is 0 Å². The first kappa shape index (κ1) is 15.3. The highest BCUT2D eigenvalue weighted by Gasteiger charge is 2.12. The highest BCUT2D eigenvalue weighted by Crippen LogP contribution is 2.19. The van der Waals surface area contributed by atoms with E-state index in [1.807, 2.05) is 57.0 Å². The van der Waals surface area contributed by atoms with Crippen LogP contribution < -0.4 is 5.32 Å². The maximum atomic E-state index is 12.1. The molecule has 0 saturated heterocycles. The molecule has 0 aliphatic rings. The van der Waals surface area contributed by atoms with Crippen molar-refractivity contribution in [1.82, 2.24) is 10.1 Å². The fourth-order valence-corrected chi connectivity index (χ4v) is 2.25. The lowest BCUT2D eigenvalue weighted by molar-refractivity contribution is -0.117. The number of aromatic nitrogens is 1. The molecule has 21 heavy (non-hydrogen) atoms. The van der Waals surface area contributed by atoms with E-state index in [4.69, 9.17) is 4.52 Å². The van der Waals surface area contributed by atoms with Crippen molar-refractivity contribution in [2.24, 2.45) is 0 Å². The third kappa shape index (κ3) is 4.16. The largest absolute Gasteiger partial charge is 0.360 e. The Morgan fingerprint density at radius 3 is 2.52 bits per heavy atom. The van der Waals surface area contributed by atoms with E-state index >= 15 is 0 Å². The van der Waals surface area contributed by atoms with Crippen molar-refractivity contribution in [3.05, 3.63) is 46.8 Å². The van der Waals surface area contributed by atoms with Crippen molar-refractivity contribution in [2.75, 3.05) is 18.9 Å². The first-order chi connectivity index (χ1) is 9.95. The van der Waals surface area contributed by atoms with Crippen LogP contribution in [0, 0.1) is 20.8 Å². The normalized spacial score (nSPS) is 10.9. The zero-order chi connectivity index (χ0) is 15.4. The maximum absolute atomic E-state index is 12.1. The van der Waals surface area contributed by atoms with Crippen molar-refractivity contribution in [1.29, 1.82) is 0 Å². The van der Waals surface area contributed by atoms with E-state index in [9.17, 15) is 4.79 Å². The summed E-state index contributed by atoms with van der Waals surface area (Å²) in [7, 11) is 1.88. The Hall–Kier alpha value is -2.14. The molecule has 1 aromatic carbocycles. The molecule has 112 valence electrons. The summed E-state index contributed by atoms with van der Waals surface area (Å²) >= 11 is 0. The van der Waals surface area contributed by atoms with Gasteiger partial charge in [0.05, 0.1) is 18.8 Å². The van der Waals surface area contributed by atoms with Crippen LogP contribution in [0.1, 0.15) is 22.6 Å². The number of para-hydroxylation sites is 1. The van der Waals surface area contributed by atoms with Gasteiger partial charge in [0.1, 0.15) is 0 Å². The van der Waals surface area contributed by atoms with Crippen molar-refractivity contribution in [3.8, 4) is 0 Å². The van der Waals surface area contributed by atoms with Crippen molar-refractivity contribution >= 4 is 11.6 Å². The fraction of sp³-hybridized carbons (Fsp3) is 0.375. The van der Waals surface area contributed by atoms with Crippen LogP contribution >= 0.6 is 0 Å². The molecule has 1 aromatic heterocycles. The van der Waals surface area contributed by atoms with Crippen LogP contribution in [0.5, 0.6) is 0 Å². The molecular weight excluding hydrogens is 266 g/mol. The fourth-order valence-electron chi connectivity index (χ4n) is 2.25. The third-order valence-corrected chi connectivity index (χ3v) is 3.26. The van der Waals surface area contributed by atoms with E-state index < -0.39 is 0 Å². The standard InChI is InChI=1S/C16H21N3O2/c1-11-6-5-7-12(2)16(11)17-15(20)10-19(4)9-14-8-13(3)18-21-14/h5-8H,9-10H2,1-4H3,(H,17,20). The highest BCUT2D eigenvalue weighted by atomic mass is 16.5. The molecule has 1 amide bonds. The van der Waals surface area contributed by atoms with Gasteiger partial charge >= 0.3 is 0 Å².